The summed E-state index contributed by atoms with van der Waals surface area (Å²) in [5, 5.41) is 3.95. The van der Waals surface area contributed by atoms with Gasteiger partial charge in [-0.05, 0) is 30.7 Å². The Labute approximate surface area is 164 Å². The number of rotatable bonds is 8. The summed E-state index contributed by atoms with van der Waals surface area (Å²) in [7, 11) is -3.73. The summed E-state index contributed by atoms with van der Waals surface area (Å²) < 4.78 is 39.1. The molecule has 3 rings (SSSR count). The van der Waals surface area contributed by atoms with Crippen molar-refractivity contribution in [1.82, 2.24) is 14.9 Å². The molecule has 0 unspecified atom stereocenters. The lowest BCUT2D eigenvalue weighted by Gasteiger charge is -2.11. The van der Waals surface area contributed by atoms with Crippen molar-refractivity contribution in [3.05, 3.63) is 59.9 Å². The van der Waals surface area contributed by atoms with Crippen molar-refractivity contribution in [3.8, 4) is 17.2 Å². The van der Waals surface area contributed by atoms with Gasteiger partial charge in [-0.2, -0.15) is 4.98 Å². The molecule has 148 valence electrons. The fraction of sp³-hybridized carbons (Fsp3) is 0.300. The molecule has 0 amide bonds. The van der Waals surface area contributed by atoms with Crippen molar-refractivity contribution in [2.75, 3.05) is 6.61 Å². The topological polar surface area (TPSA) is 94.3 Å². The van der Waals surface area contributed by atoms with E-state index in [0.717, 1.165) is 5.56 Å². The highest BCUT2D eigenvalue weighted by molar-refractivity contribution is 7.89. The van der Waals surface area contributed by atoms with E-state index in [1.807, 2.05) is 51.1 Å². The molecule has 1 aromatic heterocycles. The standard InChI is InChI=1S/C20H23N3O4S/c1-4-26-18-11-10-16(12-17(18)20-22-19(14(2)3)23-27-20)28(24,25)21-13-15-8-6-5-7-9-15/h5-12,14,21H,4,13H2,1-3H3. The van der Waals surface area contributed by atoms with Gasteiger partial charge < -0.3 is 9.26 Å². The van der Waals surface area contributed by atoms with Crippen LogP contribution in [0.1, 0.15) is 38.1 Å². The molecule has 0 radical (unpaired) electrons. The molecule has 0 spiro atoms. The van der Waals surface area contributed by atoms with Gasteiger partial charge >= 0.3 is 0 Å². The van der Waals surface area contributed by atoms with Crippen LogP contribution in [0.4, 0.5) is 0 Å². The zero-order valence-electron chi connectivity index (χ0n) is 16.0. The first kappa shape index (κ1) is 20.0. The number of nitrogens with one attached hydrogen (secondary N) is 1. The van der Waals surface area contributed by atoms with Gasteiger partial charge in [-0.25, -0.2) is 13.1 Å². The molecule has 3 aromatic rings. The average molecular weight is 401 g/mol. The van der Waals surface area contributed by atoms with Gasteiger partial charge in [0.1, 0.15) is 5.75 Å². The summed E-state index contributed by atoms with van der Waals surface area (Å²) in [6.07, 6.45) is 0. The largest absolute Gasteiger partial charge is 0.493 e. The summed E-state index contributed by atoms with van der Waals surface area (Å²) in [5.74, 6) is 1.36. The Balaban J connectivity index is 1.93. The Kier molecular flexibility index (Phi) is 6.11. The van der Waals surface area contributed by atoms with E-state index in [2.05, 4.69) is 14.9 Å². The maximum absolute atomic E-state index is 12.8. The van der Waals surface area contributed by atoms with Crippen molar-refractivity contribution in [1.29, 1.82) is 0 Å². The summed E-state index contributed by atoms with van der Waals surface area (Å²) in [6, 6.07) is 13.9. The van der Waals surface area contributed by atoms with Crippen molar-refractivity contribution >= 4 is 10.0 Å². The van der Waals surface area contributed by atoms with Gasteiger partial charge in [0.05, 0.1) is 17.1 Å². The SMILES string of the molecule is CCOc1ccc(S(=O)(=O)NCc2ccccc2)cc1-c1nc(C(C)C)no1. The van der Waals surface area contributed by atoms with E-state index in [-0.39, 0.29) is 23.2 Å². The summed E-state index contributed by atoms with van der Waals surface area (Å²) in [6.45, 7) is 6.38. The molecule has 0 saturated heterocycles. The summed E-state index contributed by atoms with van der Waals surface area (Å²) >= 11 is 0. The van der Waals surface area contributed by atoms with Gasteiger partial charge in [0.25, 0.3) is 5.89 Å². The first-order chi connectivity index (χ1) is 13.4. The van der Waals surface area contributed by atoms with Crippen LogP contribution in [-0.4, -0.2) is 25.2 Å². The molecule has 0 bridgehead atoms. The third-order valence-electron chi connectivity index (χ3n) is 4.06. The second-order valence-electron chi connectivity index (χ2n) is 6.51. The predicted octanol–water partition coefficient (Wildman–Crippen LogP) is 3.74. The minimum absolute atomic E-state index is 0.0903. The average Bonchev–Trinajstić information content (AvgIpc) is 3.18. The van der Waals surface area contributed by atoms with Crippen molar-refractivity contribution < 1.29 is 17.7 Å². The maximum Gasteiger partial charge on any atom is 0.261 e. The van der Waals surface area contributed by atoms with E-state index in [1.54, 1.807) is 6.07 Å². The highest BCUT2D eigenvalue weighted by Gasteiger charge is 2.21. The Bertz CT molecular complexity index is 1030. The fourth-order valence-corrected chi connectivity index (χ4v) is 3.60. The third kappa shape index (κ3) is 4.58. The van der Waals surface area contributed by atoms with Crippen molar-refractivity contribution in [3.63, 3.8) is 0 Å². The molecule has 0 aliphatic heterocycles. The minimum atomic E-state index is -3.73. The molecular weight excluding hydrogens is 378 g/mol. The highest BCUT2D eigenvalue weighted by Crippen LogP contribution is 2.32. The molecule has 0 saturated carbocycles. The van der Waals surface area contributed by atoms with E-state index in [9.17, 15) is 8.42 Å². The molecule has 0 fully saturated rings. The van der Waals surface area contributed by atoms with Gasteiger partial charge in [-0.3, -0.25) is 0 Å². The number of hydrogen-bond acceptors (Lipinski definition) is 6. The van der Waals surface area contributed by atoms with Crippen LogP contribution in [-0.2, 0) is 16.6 Å². The van der Waals surface area contributed by atoms with Crippen LogP contribution in [0.25, 0.3) is 11.5 Å². The molecule has 28 heavy (non-hydrogen) atoms. The van der Waals surface area contributed by atoms with Crippen LogP contribution >= 0.6 is 0 Å². The van der Waals surface area contributed by atoms with Crippen LogP contribution in [0.5, 0.6) is 5.75 Å². The molecule has 2 aromatic carbocycles. The van der Waals surface area contributed by atoms with Crippen LogP contribution in [0.15, 0.2) is 57.9 Å². The lowest BCUT2D eigenvalue weighted by molar-refractivity contribution is 0.338. The van der Waals surface area contributed by atoms with Crippen LogP contribution in [0.2, 0.25) is 0 Å². The number of nitrogens with zero attached hydrogens (tertiary/aromatic N) is 2. The molecule has 0 aliphatic carbocycles. The second-order valence-corrected chi connectivity index (χ2v) is 8.28. The lowest BCUT2D eigenvalue weighted by atomic mass is 10.2. The van der Waals surface area contributed by atoms with E-state index >= 15 is 0 Å². The molecule has 8 heteroatoms. The second kappa shape index (κ2) is 8.53. The zero-order chi connectivity index (χ0) is 20.1. The summed E-state index contributed by atoms with van der Waals surface area (Å²) in [4.78, 5) is 4.47. The zero-order valence-corrected chi connectivity index (χ0v) is 16.9. The Morgan fingerprint density at radius 2 is 1.89 bits per heavy atom. The molecule has 0 aliphatic rings. The molecule has 1 heterocycles. The van der Waals surface area contributed by atoms with E-state index in [0.29, 0.717) is 23.7 Å². The molecule has 1 N–H and O–H groups in total. The lowest BCUT2D eigenvalue weighted by Crippen LogP contribution is -2.23. The normalized spacial score (nSPS) is 11.7. The van der Waals surface area contributed by atoms with Gasteiger partial charge in [-0.15, -0.1) is 0 Å². The van der Waals surface area contributed by atoms with Crippen molar-refractivity contribution in [2.45, 2.75) is 38.1 Å². The molecule has 0 atom stereocenters. The van der Waals surface area contributed by atoms with Crippen LogP contribution in [0, 0.1) is 0 Å². The molecule has 7 nitrogen and oxygen atoms in total. The fourth-order valence-electron chi connectivity index (χ4n) is 2.56. The number of ether oxygens (including phenoxy) is 1. The maximum atomic E-state index is 12.8. The Morgan fingerprint density at radius 1 is 1.14 bits per heavy atom. The highest BCUT2D eigenvalue weighted by atomic mass is 32.2. The van der Waals surface area contributed by atoms with E-state index in [1.165, 1.54) is 12.1 Å². The third-order valence-corrected chi connectivity index (χ3v) is 5.46. The summed E-state index contributed by atoms with van der Waals surface area (Å²) in [5.41, 5.74) is 1.32. The van der Waals surface area contributed by atoms with Crippen molar-refractivity contribution in [2.24, 2.45) is 0 Å². The van der Waals surface area contributed by atoms with Gasteiger partial charge in [0, 0.05) is 12.5 Å². The Hall–Kier alpha value is -2.71. The van der Waals surface area contributed by atoms with E-state index in [4.69, 9.17) is 9.26 Å². The monoisotopic (exact) mass is 401 g/mol. The van der Waals surface area contributed by atoms with Gasteiger partial charge in [-0.1, -0.05) is 49.3 Å². The van der Waals surface area contributed by atoms with E-state index < -0.39 is 10.0 Å². The first-order valence-corrected chi connectivity index (χ1v) is 10.5. The minimum Gasteiger partial charge on any atom is -0.493 e. The smallest absolute Gasteiger partial charge is 0.261 e. The number of aromatic nitrogens is 2. The number of hydrogen-bond donors (Lipinski definition) is 1. The number of sulfonamides is 1. The first-order valence-electron chi connectivity index (χ1n) is 9.05. The van der Waals surface area contributed by atoms with Gasteiger partial charge in [0.2, 0.25) is 10.0 Å². The predicted molar refractivity (Wildman–Crippen MR) is 105 cm³/mol. The van der Waals surface area contributed by atoms with Crippen LogP contribution in [0.3, 0.4) is 0 Å². The number of benzene rings is 2. The Morgan fingerprint density at radius 3 is 2.54 bits per heavy atom. The van der Waals surface area contributed by atoms with Crippen LogP contribution < -0.4 is 9.46 Å². The quantitative estimate of drug-likeness (QED) is 0.618. The van der Waals surface area contributed by atoms with Gasteiger partial charge in [0.15, 0.2) is 5.82 Å². The molecular formula is C20H23N3O4S.